The van der Waals surface area contributed by atoms with E-state index in [0.29, 0.717) is 0 Å². The van der Waals surface area contributed by atoms with Crippen LogP contribution in [0, 0.1) is 0 Å². The zero-order valence-electron chi connectivity index (χ0n) is 25.9. The second-order valence-electron chi connectivity index (χ2n) is 11.0. The Morgan fingerprint density at radius 1 is 0.525 bits per heavy atom. The van der Waals surface area contributed by atoms with Gasteiger partial charge in [0.2, 0.25) is 0 Å². The lowest BCUT2D eigenvalue weighted by Gasteiger charge is -2.18. The lowest BCUT2D eigenvalue weighted by Crippen LogP contribution is -2.30. The third kappa shape index (κ3) is 4.57. The molecule has 214 valence electrons. The van der Waals surface area contributed by atoms with Crippen molar-refractivity contribution in [2.45, 2.75) is 113 Å². The van der Waals surface area contributed by atoms with E-state index in [1.807, 2.05) is 0 Å². The van der Waals surface area contributed by atoms with Crippen molar-refractivity contribution in [2.75, 3.05) is 0 Å². The highest BCUT2D eigenvalue weighted by atomic mass is 16.5. The smallest absolute Gasteiger partial charge is 0.197 e. The summed E-state index contributed by atoms with van der Waals surface area (Å²) < 4.78 is 6.85. The third-order valence-electron chi connectivity index (χ3n) is 9.05. The number of H-pyrrole nitrogens is 3. The van der Waals surface area contributed by atoms with Crippen LogP contribution in [0.15, 0.2) is 16.8 Å². The van der Waals surface area contributed by atoms with Crippen molar-refractivity contribution in [2.24, 2.45) is 0 Å². The van der Waals surface area contributed by atoms with Crippen LogP contribution in [-0.4, -0.2) is 21.2 Å². The minimum absolute atomic E-state index is 0.174. The normalized spacial score (nSPS) is 19.4. The first kappa shape index (κ1) is 28.2. The van der Waals surface area contributed by atoms with Crippen molar-refractivity contribution in [3.8, 4) is 5.88 Å². The minimum Gasteiger partial charge on any atom is -0.451 e. The Bertz CT molecular complexity index is 1590. The van der Waals surface area contributed by atoms with Gasteiger partial charge in [0.25, 0.3) is 0 Å². The number of ether oxygens (including phenoxy) is 1. The molecule has 5 heteroatoms. The average molecular weight is 541 g/mol. The highest BCUT2D eigenvalue weighted by molar-refractivity contribution is 5.67. The molecule has 0 aromatic carbocycles. The number of fused-ring (bicyclic) bond motifs is 8. The van der Waals surface area contributed by atoms with Gasteiger partial charge in [0.15, 0.2) is 12.1 Å². The number of hydrogen-bond donors (Lipinski definition) is 4. The molecule has 0 amide bonds. The monoisotopic (exact) mass is 540 g/mol. The molecule has 40 heavy (non-hydrogen) atoms. The number of aromatic amines is 3. The fourth-order valence-corrected chi connectivity index (χ4v) is 7.17. The van der Waals surface area contributed by atoms with Gasteiger partial charge in [-0.2, -0.15) is 0 Å². The van der Waals surface area contributed by atoms with Crippen LogP contribution in [0.1, 0.15) is 119 Å². The molecule has 1 unspecified atom stereocenters. The van der Waals surface area contributed by atoms with Crippen LogP contribution in [0.4, 0.5) is 0 Å². The zero-order valence-corrected chi connectivity index (χ0v) is 25.9. The average Bonchev–Trinajstić information content (AvgIpc) is 3.67. The summed E-state index contributed by atoms with van der Waals surface area (Å²) in [6.07, 6.45) is 14.6. The van der Waals surface area contributed by atoms with Crippen LogP contribution in [0.25, 0.3) is 18.2 Å². The summed E-state index contributed by atoms with van der Waals surface area (Å²) in [5, 5.41) is 6.20. The van der Waals surface area contributed by atoms with Crippen LogP contribution in [0.5, 0.6) is 5.88 Å². The molecule has 5 nitrogen and oxygen atoms in total. The summed E-state index contributed by atoms with van der Waals surface area (Å²) in [5.41, 5.74) is 15.8. The third-order valence-corrected chi connectivity index (χ3v) is 9.05. The Morgan fingerprint density at radius 2 is 1.02 bits per heavy atom. The molecular weight excluding hydrogens is 492 g/mol. The predicted molar refractivity (Wildman–Crippen MR) is 168 cm³/mol. The van der Waals surface area contributed by atoms with E-state index in [9.17, 15) is 0 Å². The number of aromatic nitrogens is 3. The summed E-state index contributed by atoms with van der Waals surface area (Å²) in [5.74, 6) is 0.898. The van der Waals surface area contributed by atoms with E-state index in [1.165, 1.54) is 72.3 Å². The van der Waals surface area contributed by atoms with E-state index in [-0.39, 0.29) is 6.23 Å². The molecule has 2 aliphatic rings. The van der Waals surface area contributed by atoms with Gasteiger partial charge in [-0.25, -0.2) is 0 Å². The first-order valence-electron chi connectivity index (χ1n) is 15.7. The zero-order chi connectivity index (χ0) is 28.6. The minimum atomic E-state index is -0.174. The standard InChI is InChI=1S/C35H48N4O/c1-9-20-22(11-3)30-18-32-24(13-5)26(15-7)34(38-32)40-35-27(16-8)25(14-6)33(39-35)19-31-23(12-4)21(10-2)29(37-31)17-28(20)36-30/h17-19,34,36-39H,9-16H2,1-8H3/b29-17-,31-19-,32-18-. The van der Waals surface area contributed by atoms with E-state index in [4.69, 9.17) is 4.74 Å². The van der Waals surface area contributed by atoms with Crippen LogP contribution in [0.3, 0.4) is 0 Å². The maximum Gasteiger partial charge on any atom is 0.197 e. The van der Waals surface area contributed by atoms with Crippen molar-refractivity contribution in [3.05, 3.63) is 78.0 Å². The summed E-state index contributed by atoms with van der Waals surface area (Å²) in [7, 11) is 0. The maximum atomic E-state index is 6.85. The van der Waals surface area contributed by atoms with Crippen LogP contribution in [-0.2, 0) is 38.5 Å². The molecule has 8 bridgehead atoms. The number of allylic oxidation sites excluding steroid dienone is 1. The van der Waals surface area contributed by atoms with Gasteiger partial charge in [0.05, 0.1) is 0 Å². The molecule has 2 aliphatic heterocycles. The lowest BCUT2D eigenvalue weighted by molar-refractivity contribution is 0.208. The van der Waals surface area contributed by atoms with Crippen molar-refractivity contribution < 1.29 is 4.74 Å². The fourth-order valence-electron chi connectivity index (χ4n) is 7.17. The first-order chi connectivity index (χ1) is 19.5. The van der Waals surface area contributed by atoms with Crippen LogP contribution in [0.2, 0.25) is 0 Å². The topological polar surface area (TPSA) is 68.6 Å². The van der Waals surface area contributed by atoms with Gasteiger partial charge < -0.3 is 25.0 Å². The molecule has 5 heterocycles. The highest BCUT2D eigenvalue weighted by Crippen LogP contribution is 2.35. The lowest BCUT2D eigenvalue weighted by atomic mass is 10.00. The van der Waals surface area contributed by atoms with Gasteiger partial charge in [-0.15, -0.1) is 0 Å². The van der Waals surface area contributed by atoms with Crippen molar-refractivity contribution in [1.82, 2.24) is 20.3 Å². The summed E-state index contributed by atoms with van der Waals surface area (Å²) >= 11 is 0. The van der Waals surface area contributed by atoms with Gasteiger partial charge in [-0.05, 0) is 109 Å². The molecule has 0 saturated carbocycles. The van der Waals surface area contributed by atoms with Crippen molar-refractivity contribution >= 4 is 18.2 Å². The number of nitrogens with one attached hydrogen (secondary N) is 4. The van der Waals surface area contributed by atoms with Crippen LogP contribution >= 0.6 is 0 Å². The summed E-state index contributed by atoms with van der Waals surface area (Å²) in [4.78, 5) is 11.4. The van der Waals surface area contributed by atoms with Crippen molar-refractivity contribution in [1.29, 1.82) is 0 Å². The molecule has 0 aliphatic carbocycles. The first-order valence-corrected chi connectivity index (χ1v) is 15.7. The second-order valence-corrected chi connectivity index (χ2v) is 11.0. The Kier molecular flexibility index (Phi) is 8.21. The summed E-state index contributed by atoms with van der Waals surface area (Å²) in [6, 6.07) is 0. The molecule has 4 N–H and O–H groups in total. The molecule has 5 rings (SSSR count). The number of hydrogen-bond acceptors (Lipinski definition) is 2. The summed E-state index contributed by atoms with van der Waals surface area (Å²) in [6.45, 7) is 18.1. The van der Waals surface area contributed by atoms with Gasteiger partial charge in [0, 0.05) is 39.0 Å². The van der Waals surface area contributed by atoms with E-state index in [0.717, 1.165) is 62.9 Å². The molecule has 0 spiro atoms. The quantitative estimate of drug-likeness (QED) is 0.264. The Morgan fingerprint density at radius 3 is 1.52 bits per heavy atom. The Labute approximate surface area is 239 Å². The van der Waals surface area contributed by atoms with Crippen LogP contribution < -0.4 is 20.8 Å². The van der Waals surface area contributed by atoms with E-state index >= 15 is 0 Å². The van der Waals surface area contributed by atoms with Gasteiger partial charge in [-0.1, -0.05) is 55.4 Å². The predicted octanol–water partition coefficient (Wildman–Crippen LogP) is 6.48. The van der Waals surface area contributed by atoms with E-state index in [2.05, 4.69) is 93.9 Å². The molecule has 0 radical (unpaired) electrons. The molecule has 3 aromatic heterocycles. The van der Waals surface area contributed by atoms with Gasteiger partial charge in [-0.3, -0.25) is 0 Å². The van der Waals surface area contributed by atoms with E-state index in [1.54, 1.807) is 0 Å². The Hall–Kier alpha value is -3.34. The SMILES string of the molecule is CCC1=C(CC)C2N/C1=C\c1[nH]c(c(CC)c1CC)/C=c1\[nH]/c(c(CC)c1CC)=C\c1[nH]c(c(CC)c1CC)O2. The fraction of sp³-hybridized carbons (Fsp3) is 0.486. The highest BCUT2D eigenvalue weighted by Gasteiger charge is 2.30. The molecule has 1 atom stereocenters. The molecule has 0 saturated heterocycles. The number of rotatable bonds is 8. The van der Waals surface area contributed by atoms with E-state index < -0.39 is 0 Å². The molecule has 0 fully saturated rings. The Balaban J connectivity index is 1.89. The maximum absolute atomic E-state index is 6.85. The molecule has 3 aromatic rings. The largest absolute Gasteiger partial charge is 0.451 e. The molecular formula is C35H48N4O. The second kappa shape index (κ2) is 11.6. The van der Waals surface area contributed by atoms with Gasteiger partial charge in [0.1, 0.15) is 0 Å². The van der Waals surface area contributed by atoms with Gasteiger partial charge >= 0.3 is 0 Å². The van der Waals surface area contributed by atoms with Crippen molar-refractivity contribution in [3.63, 3.8) is 0 Å².